The fraction of sp³-hybridized carbons (Fsp3) is 0.333. The lowest BCUT2D eigenvalue weighted by atomic mass is 10.1. The number of fused-ring (bicyclic) bond motifs is 2. The standard InChI is InChI=1S/C24H26N4O3/c1-15(2)30-21-8-7-17-23(29)22(13-20-16-5-3-4-6-19(16)26-27-20)31-24(17)18(21)14-28-11-9-25-10-12-28/h3-8,13,15,25,29H,9-12,14H2,1-2H3. The minimum absolute atomic E-state index is 0.0415. The van der Waals surface area contributed by atoms with E-state index in [4.69, 9.17) is 9.15 Å². The molecular weight excluding hydrogens is 392 g/mol. The number of ether oxygens (including phenoxy) is 1. The molecule has 1 aromatic heterocycles. The van der Waals surface area contributed by atoms with Gasteiger partial charge in [0.1, 0.15) is 11.3 Å². The number of nitrogens with zero attached hydrogens (tertiary/aromatic N) is 3. The predicted octanol–water partition coefficient (Wildman–Crippen LogP) is 4.93. The molecule has 5 rings (SSSR count). The molecular formula is C24H26N4O3. The summed E-state index contributed by atoms with van der Waals surface area (Å²) in [6, 6.07) is 11.5. The fourth-order valence-electron chi connectivity index (χ4n) is 4.08. The fourth-order valence-corrected chi connectivity index (χ4v) is 4.08. The van der Waals surface area contributed by atoms with Gasteiger partial charge in [0.15, 0.2) is 11.5 Å². The van der Waals surface area contributed by atoms with Gasteiger partial charge in [-0.05, 0) is 32.0 Å². The summed E-state index contributed by atoms with van der Waals surface area (Å²) in [4.78, 5) is 2.37. The molecule has 0 saturated carbocycles. The molecule has 0 unspecified atom stereocenters. The first-order valence-electron chi connectivity index (χ1n) is 10.7. The molecule has 0 amide bonds. The Morgan fingerprint density at radius 2 is 1.97 bits per heavy atom. The minimum atomic E-state index is 0.0415. The highest BCUT2D eigenvalue weighted by Gasteiger charge is 2.23. The number of furan rings is 1. The maximum absolute atomic E-state index is 10.9. The molecule has 31 heavy (non-hydrogen) atoms. The molecule has 7 nitrogen and oxygen atoms in total. The zero-order chi connectivity index (χ0) is 21.4. The second kappa shape index (κ2) is 8.17. The number of rotatable bonds is 5. The van der Waals surface area contributed by atoms with Gasteiger partial charge in [0.05, 0.1) is 28.4 Å². The van der Waals surface area contributed by atoms with Crippen LogP contribution in [0.3, 0.4) is 0 Å². The normalized spacial score (nSPS) is 17.7. The average Bonchev–Trinajstić information content (AvgIpc) is 3.32. The van der Waals surface area contributed by atoms with Gasteiger partial charge >= 0.3 is 0 Å². The van der Waals surface area contributed by atoms with Crippen molar-refractivity contribution in [2.75, 3.05) is 26.2 Å². The second-order valence-corrected chi connectivity index (χ2v) is 8.17. The van der Waals surface area contributed by atoms with Crippen LogP contribution in [0.5, 0.6) is 11.5 Å². The Labute approximate surface area is 181 Å². The van der Waals surface area contributed by atoms with Crippen molar-refractivity contribution >= 4 is 28.4 Å². The first kappa shape index (κ1) is 19.8. The van der Waals surface area contributed by atoms with Gasteiger partial charge in [0.2, 0.25) is 0 Å². The lowest BCUT2D eigenvalue weighted by Crippen LogP contribution is -2.43. The molecule has 2 aliphatic heterocycles. The van der Waals surface area contributed by atoms with Crippen LogP contribution in [0.25, 0.3) is 22.7 Å². The maximum Gasteiger partial charge on any atom is 0.172 e. The SMILES string of the molecule is CC(C)Oc1ccc2c(O)c(C=C3N=Nc4ccccc43)oc2c1CN1CCNCC1. The van der Waals surface area contributed by atoms with Gasteiger partial charge in [-0.25, -0.2) is 0 Å². The van der Waals surface area contributed by atoms with Crippen molar-refractivity contribution in [1.82, 2.24) is 10.2 Å². The van der Waals surface area contributed by atoms with Crippen LogP contribution in [0.1, 0.15) is 30.7 Å². The third kappa shape index (κ3) is 3.82. The average molecular weight is 418 g/mol. The molecule has 3 heterocycles. The molecule has 1 saturated heterocycles. The highest BCUT2D eigenvalue weighted by Crippen LogP contribution is 2.42. The predicted molar refractivity (Wildman–Crippen MR) is 121 cm³/mol. The summed E-state index contributed by atoms with van der Waals surface area (Å²) in [7, 11) is 0. The van der Waals surface area contributed by atoms with Gasteiger partial charge in [0.25, 0.3) is 0 Å². The van der Waals surface area contributed by atoms with Crippen LogP contribution in [0.2, 0.25) is 0 Å². The van der Waals surface area contributed by atoms with E-state index in [1.165, 1.54) is 0 Å². The van der Waals surface area contributed by atoms with Crippen molar-refractivity contribution in [1.29, 1.82) is 0 Å². The van der Waals surface area contributed by atoms with Gasteiger partial charge in [-0.3, -0.25) is 4.90 Å². The van der Waals surface area contributed by atoms with Crippen molar-refractivity contribution in [2.45, 2.75) is 26.5 Å². The van der Waals surface area contributed by atoms with Crippen LogP contribution in [0, 0.1) is 0 Å². The van der Waals surface area contributed by atoms with E-state index >= 15 is 0 Å². The van der Waals surface area contributed by atoms with E-state index in [1.54, 1.807) is 6.08 Å². The highest BCUT2D eigenvalue weighted by atomic mass is 16.5. The minimum Gasteiger partial charge on any atom is -0.504 e. The number of hydrogen-bond donors (Lipinski definition) is 2. The van der Waals surface area contributed by atoms with Crippen molar-refractivity contribution < 1.29 is 14.3 Å². The smallest absolute Gasteiger partial charge is 0.172 e. The van der Waals surface area contributed by atoms with Crippen molar-refractivity contribution in [2.24, 2.45) is 10.2 Å². The largest absolute Gasteiger partial charge is 0.504 e. The molecule has 0 radical (unpaired) electrons. The van der Waals surface area contributed by atoms with Crippen LogP contribution in [0.4, 0.5) is 5.69 Å². The maximum atomic E-state index is 10.9. The van der Waals surface area contributed by atoms with Gasteiger partial charge in [-0.15, -0.1) is 10.2 Å². The third-order valence-corrected chi connectivity index (χ3v) is 5.59. The number of benzene rings is 2. The summed E-state index contributed by atoms with van der Waals surface area (Å²) in [6.07, 6.45) is 1.79. The van der Waals surface area contributed by atoms with Gasteiger partial charge in [-0.2, -0.15) is 0 Å². The van der Waals surface area contributed by atoms with E-state index < -0.39 is 0 Å². The van der Waals surface area contributed by atoms with Crippen LogP contribution in [-0.2, 0) is 6.54 Å². The Hall–Kier alpha value is -3.16. The molecule has 0 spiro atoms. The lowest BCUT2D eigenvalue weighted by molar-refractivity contribution is 0.214. The Morgan fingerprint density at radius 3 is 2.77 bits per heavy atom. The van der Waals surface area contributed by atoms with Crippen molar-refractivity contribution in [3.63, 3.8) is 0 Å². The summed E-state index contributed by atoms with van der Waals surface area (Å²) in [6.45, 7) is 8.56. The first-order chi connectivity index (χ1) is 15.1. The van der Waals surface area contributed by atoms with Crippen LogP contribution >= 0.6 is 0 Å². The van der Waals surface area contributed by atoms with E-state index in [0.29, 0.717) is 29.0 Å². The summed E-state index contributed by atoms with van der Waals surface area (Å²) < 4.78 is 12.3. The van der Waals surface area contributed by atoms with Gasteiger partial charge < -0.3 is 19.6 Å². The molecule has 0 atom stereocenters. The Balaban J connectivity index is 1.59. The van der Waals surface area contributed by atoms with E-state index in [1.807, 2.05) is 50.2 Å². The zero-order valence-corrected chi connectivity index (χ0v) is 17.8. The van der Waals surface area contributed by atoms with Crippen LogP contribution in [0.15, 0.2) is 51.0 Å². The second-order valence-electron chi connectivity index (χ2n) is 8.17. The molecule has 7 heteroatoms. The van der Waals surface area contributed by atoms with E-state index in [0.717, 1.165) is 48.7 Å². The molecule has 2 aromatic carbocycles. The molecule has 1 fully saturated rings. The highest BCUT2D eigenvalue weighted by molar-refractivity contribution is 5.95. The van der Waals surface area contributed by atoms with Gasteiger partial charge in [-0.1, -0.05) is 18.2 Å². The Morgan fingerprint density at radius 1 is 1.16 bits per heavy atom. The van der Waals surface area contributed by atoms with Crippen LogP contribution in [-0.4, -0.2) is 42.3 Å². The van der Waals surface area contributed by atoms with Crippen molar-refractivity contribution in [3.8, 4) is 11.5 Å². The molecule has 0 aliphatic carbocycles. The molecule has 160 valence electrons. The third-order valence-electron chi connectivity index (χ3n) is 5.59. The molecule has 3 aromatic rings. The number of piperazine rings is 1. The number of nitrogens with one attached hydrogen (secondary N) is 1. The lowest BCUT2D eigenvalue weighted by Gasteiger charge is -2.28. The van der Waals surface area contributed by atoms with Crippen LogP contribution < -0.4 is 10.1 Å². The monoisotopic (exact) mass is 418 g/mol. The van der Waals surface area contributed by atoms with Crippen molar-refractivity contribution in [3.05, 3.63) is 53.3 Å². The Bertz CT molecular complexity index is 1170. The number of azo groups is 1. The summed E-state index contributed by atoms with van der Waals surface area (Å²) in [5, 5.41) is 23.4. The summed E-state index contributed by atoms with van der Waals surface area (Å²) in [5.74, 6) is 1.28. The van der Waals surface area contributed by atoms with Gasteiger partial charge in [0, 0.05) is 44.4 Å². The number of aromatic hydroxyl groups is 1. The quantitative estimate of drug-likeness (QED) is 0.614. The number of hydrogen-bond acceptors (Lipinski definition) is 7. The van der Waals surface area contributed by atoms with E-state index in [-0.39, 0.29) is 11.9 Å². The summed E-state index contributed by atoms with van der Waals surface area (Å²) in [5.41, 5.74) is 4.03. The molecule has 2 N–H and O–H groups in total. The zero-order valence-electron chi connectivity index (χ0n) is 17.8. The topological polar surface area (TPSA) is 82.6 Å². The van der Waals surface area contributed by atoms with E-state index in [9.17, 15) is 5.11 Å². The first-order valence-corrected chi connectivity index (χ1v) is 10.7. The molecule has 0 bridgehead atoms. The van der Waals surface area contributed by atoms with E-state index in [2.05, 4.69) is 20.4 Å². The molecule has 2 aliphatic rings. The summed E-state index contributed by atoms with van der Waals surface area (Å²) >= 11 is 0. The Kier molecular flexibility index (Phi) is 5.21.